The highest BCUT2D eigenvalue weighted by atomic mass is 14.6. The van der Waals surface area contributed by atoms with E-state index in [1.165, 1.54) is 6.42 Å². The van der Waals surface area contributed by atoms with Gasteiger partial charge in [0.15, 0.2) is 0 Å². The summed E-state index contributed by atoms with van der Waals surface area (Å²) in [5, 5.41) is 0. The number of nitrogens with two attached hydrogens (primary N) is 1. The van der Waals surface area contributed by atoms with Crippen LogP contribution in [0, 0.1) is 5.41 Å². The lowest BCUT2D eigenvalue weighted by atomic mass is 9.84. The Morgan fingerprint density at radius 3 is 2.00 bits per heavy atom. The Hall–Kier alpha value is -0.0400. The van der Waals surface area contributed by atoms with Crippen molar-refractivity contribution in [2.45, 2.75) is 46.6 Å². The Morgan fingerprint density at radius 2 is 1.89 bits per heavy atom. The number of hydrogen-bond acceptors (Lipinski definition) is 1. The van der Waals surface area contributed by atoms with Gasteiger partial charge >= 0.3 is 0 Å². The lowest BCUT2D eigenvalue weighted by Crippen LogP contribution is -2.24. The summed E-state index contributed by atoms with van der Waals surface area (Å²) in [5.74, 6) is 0. The maximum absolute atomic E-state index is 5.65. The molecule has 0 radical (unpaired) electrons. The molecule has 1 heteroatoms. The summed E-state index contributed by atoms with van der Waals surface area (Å²) in [6, 6.07) is 0.347. The lowest BCUT2D eigenvalue weighted by molar-refractivity contribution is 0.300. The zero-order chi connectivity index (χ0) is 7.49. The quantitative estimate of drug-likeness (QED) is 0.621. The van der Waals surface area contributed by atoms with E-state index in [-0.39, 0.29) is 0 Å². The van der Waals surface area contributed by atoms with Gasteiger partial charge in [-0.3, -0.25) is 0 Å². The third kappa shape index (κ3) is 4.46. The first-order valence-corrected chi connectivity index (χ1v) is 3.73. The van der Waals surface area contributed by atoms with E-state index in [0.29, 0.717) is 11.5 Å². The average molecular weight is 129 g/mol. The van der Waals surface area contributed by atoms with Crippen LogP contribution in [0.15, 0.2) is 0 Å². The summed E-state index contributed by atoms with van der Waals surface area (Å²) < 4.78 is 0. The van der Waals surface area contributed by atoms with Gasteiger partial charge in [-0.25, -0.2) is 0 Å². The molecular weight excluding hydrogens is 110 g/mol. The van der Waals surface area contributed by atoms with E-state index >= 15 is 0 Å². The van der Waals surface area contributed by atoms with E-state index in [4.69, 9.17) is 5.73 Å². The summed E-state index contributed by atoms with van der Waals surface area (Å²) in [5.41, 5.74) is 6.09. The smallest absolute Gasteiger partial charge is 0.00155 e. The van der Waals surface area contributed by atoms with Crippen LogP contribution in [-0.4, -0.2) is 6.04 Å². The minimum Gasteiger partial charge on any atom is -0.328 e. The molecule has 9 heavy (non-hydrogen) atoms. The summed E-state index contributed by atoms with van der Waals surface area (Å²) in [6.07, 6.45) is 2.35. The normalized spacial score (nSPS) is 15.7. The molecule has 0 saturated carbocycles. The molecule has 0 fully saturated rings. The van der Waals surface area contributed by atoms with Gasteiger partial charge in [0.25, 0.3) is 0 Å². The molecule has 0 aliphatic rings. The molecule has 0 heterocycles. The van der Waals surface area contributed by atoms with Crippen molar-refractivity contribution >= 4 is 0 Å². The molecule has 0 spiro atoms. The van der Waals surface area contributed by atoms with Crippen LogP contribution < -0.4 is 5.73 Å². The van der Waals surface area contributed by atoms with Crippen LogP contribution >= 0.6 is 0 Å². The van der Waals surface area contributed by atoms with Gasteiger partial charge in [-0.1, -0.05) is 27.2 Å². The van der Waals surface area contributed by atoms with E-state index in [9.17, 15) is 0 Å². The van der Waals surface area contributed by atoms with Crippen molar-refractivity contribution in [1.82, 2.24) is 0 Å². The Balaban J connectivity index is 3.58. The van der Waals surface area contributed by atoms with Gasteiger partial charge in [-0.2, -0.15) is 0 Å². The molecular formula is C8H19N. The average Bonchev–Trinajstić information content (AvgIpc) is 1.63. The second-order valence-corrected chi connectivity index (χ2v) is 3.70. The molecule has 0 aromatic carbocycles. The van der Waals surface area contributed by atoms with E-state index in [1.807, 2.05) is 0 Å². The molecule has 0 rings (SSSR count). The van der Waals surface area contributed by atoms with Gasteiger partial charge in [0.05, 0.1) is 0 Å². The maximum atomic E-state index is 5.65. The fourth-order valence-electron chi connectivity index (χ4n) is 1.02. The van der Waals surface area contributed by atoms with Crippen LogP contribution in [0.25, 0.3) is 0 Å². The molecule has 0 bridgehead atoms. The van der Waals surface area contributed by atoms with Gasteiger partial charge in [-0.05, 0) is 18.8 Å². The number of rotatable bonds is 3. The molecule has 0 aromatic rings. The minimum absolute atomic E-state index is 0.347. The molecule has 0 saturated heterocycles. The van der Waals surface area contributed by atoms with Crippen molar-refractivity contribution < 1.29 is 0 Å². The van der Waals surface area contributed by atoms with Crippen molar-refractivity contribution in [2.75, 3.05) is 0 Å². The topological polar surface area (TPSA) is 26.0 Å². The van der Waals surface area contributed by atoms with Crippen LogP contribution in [0.1, 0.15) is 40.5 Å². The molecule has 0 aliphatic carbocycles. The van der Waals surface area contributed by atoms with Gasteiger partial charge in [0.2, 0.25) is 0 Å². The first-order chi connectivity index (χ1) is 3.98. The van der Waals surface area contributed by atoms with E-state index < -0.39 is 0 Å². The molecule has 1 atom stereocenters. The van der Waals surface area contributed by atoms with Gasteiger partial charge in [-0.15, -0.1) is 0 Å². The highest BCUT2D eigenvalue weighted by Gasteiger charge is 2.16. The van der Waals surface area contributed by atoms with Crippen molar-refractivity contribution in [3.05, 3.63) is 0 Å². The summed E-state index contributed by atoms with van der Waals surface area (Å²) in [7, 11) is 0. The molecule has 1 nitrogen and oxygen atoms in total. The second kappa shape index (κ2) is 3.21. The van der Waals surface area contributed by atoms with Crippen molar-refractivity contribution in [3.63, 3.8) is 0 Å². The highest BCUT2D eigenvalue weighted by molar-refractivity contribution is 4.70. The summed E-state index contributed by atoms with van der Waals surface area (Å²) in [6.45, 7) is 8.80. The minimum atomic E-state index is 0.347. The fraction of sp³-hybridized carbons (Fsp3) is 1.00. The third-order valence-electron chi connectivity index (χ3n) is 1.83. The van der Waals surface area contributed by atoms with Crippen molar-refractivity contribution in [2.24, 2.45) is 11.1 Å². The molecule has 0 aliphatic heterocycles. The van der Waals surface area contributed by atoms with Crippen LogP contribution in [0.3, 0.4) is 0 Å². The fourth-order valence-corrected chi connectivity index (χ4v) is 1.02. The Labute approximate surface area is 58.6 Å². The lowest BCUT2D eigenvalue weighted by Gasteiger charge is -2.24. The highest BCUT2D eigenvalue weighted by Crippen LogP contribution is 2.24. The van der Waals surface area contributed by atoms with E-state index in [1.54, 1.807) is 0 Å². The van der Waals surface area contributed by atoms with Crippen LogP contribution in [0.2, 0.25) is 0 Å². The van der Waals surface area contributed by atoms with Gasteiger partial charge < -0.3 is 5.73 Å². The van der Waals surface area contributed by atoms with Gasteiger partial charge in [0, 0.05) is 6.04 Å². The third-order valence-corrected chi connectivity index (χ3v) is 1.83. The SMILES string of the molecule is CCC(C)(C)CC(C)N. The zero-order valence-electron chi connectivity index (χ0n) is 7.07. The molecule has 1 unspecified atom stereocenters. The number of hydrogen-bond donors (Lipinski definition) is 1. The predicted octanol–water partition coefficient (Wildman–Crippen LogP) is 2.16. The van der Waals surface area contributed by atoms with Crippen molar-refractivity contribution in [3.8, 4) is 0 Å². The second-order valence-electron chi connectivity index (χ2n) is 3.70. The van der Waals surface area contributed by atoms with Gasteiger partial charge in [0.1, 0.15) is 0 Å². The predicted molar refractivity (Wildman–Crippen MR) is 42.3 cm³/mol. The maximum Gasteiger partial charge on any atom is 0.00155 e. The van der Waals surface area contributed by atoms with Crippen LogP contribution in [0.5, 0.6) is 0 Å². The molecule has 0 aromatic heterocycles. The first-order valence-electron chi connectivity index (χ1n) is 3.73. The zero-order valence-corrected chi connectivity index (χ0v) is 7.07. The van der Waals surface area contributed by atoms with Crippen LogP contribution in [-0.2, 0) is 0 Å². The Morgan fingerprint density at radius 1 is 1.44 bits per heavy atom. The Kier molecular flexibility index (Phi) is 3.20. The largest absolute Gasteiger partial charge is 0.328 e. The molecule has 2 N–H and O–H groups in total. The first kappa shape index (κ1) is 8.96. The standard InChI is InChI=1S/C8H19N/c1-5-8(3,4)6-7(2)9/h7H,5-6,9H2,1-4H3. The molecule has 0 amide bonds. The van der Waals surface area contributed by atoms with Crippen molar-refractivity contribution in [1.29, 1.82) is 0 Å². The monoisotopic (exact) mass is 129 g/mol. The van der Waals surface area contributed by atoms with Crippen LogP contribution in [0.4, 0.5) is 0 Å². The Bertz CT molecular complexity index is 74.6. The van der Waals surface area contributed by atoms with E-state index in [0.717, 1.165) is 6.42 Å². The van der Waals surface area contributed by atoms with E-state index in [2.05, 4.69) is 27.7 Å². The molecule has 56 valence electrons. The summed E-state index contributed by atoms with van der Waals surface area (Å²) in [4.78, 5) is 0. The summed E-state index contributed by atoms with van der Waals surface area (Å²) >= 11 is 0.